The summed E-state index contributed by atoms with van der Waals surface area (Å²) in [7, 11) is 1.33. The normalized spacial score (nSPS) is 10.1. The quantitative estimate of drug-likeness (QED) is 0.775. The average Bonchev–Trinajstić information content (AvgIpc) is 2.78. The lowest BCUT2D eigenvalue weighted by Gasteiger charge is -1.96. The number of nitrogens with one attached hydrogen (secondary N) is 1. The summed E-state index contributed by atoms with van der Waals surface area (Å²) in [6, 6.07) is 3.78. The van der Waals surface area contributed by atoms with Gasteiger partial charge in [-0.1, -0.05) is 6.07 Å². The Kier molecular flexibility index (Phi) is 2.68. The number of hydrogen-bond acceptors (Lipinski definition) is 4. The molecule has 2 aromatic rings. The van der Waals surface area contributed by atoms with Crippen LogP contribution in [-0.2, 0) is 4.74 Å². The Morgan fingerprint density at radius 3 is 2.75 bits per heavy atom. The van der Waals surface area contributed by atoms with Crippen LogP contribution in [0.25, 0.3) is 11.5 Å². The Hall–Kier alpha value is -2.17. The maximum absolute atomic E-state index is 11.2. The fourth-order valence-corrected chi connectivity index (χ4v) is 1.27. The van der Waals surface area contributed by atoms with E-state index < -0.39 is 5.97 Å². The van der Waals surface area contributed by atoms with E-state index in [1.807, 2.05) is 19.1 Å². The number of H-pyrrole nitrogens is 1. The highest BCUT2D eigenvalue weighted by molar-refractivity contribution is 5.87. The van der Waals surface area contributed by atoms with Gasteiger partial charge in [0.2, 0.25) is 0 Å². The lowest BCUT2D eigenvalue weighted by molar-refractivity contribution is 0.0595. The summed E-state index contributed by atoms with van der Waals surface area (Å²) in [4.78, 5) is 22.3. The van der Waals surface area contributed by atoms with Crippen LogP contribution in [0.1, 0.15) is 16.1 Å². The average molecular weight is 217 g/mol. The molecule has 0 aromatic carbocycles. The second kappa shape index (κ2) is 4.14. The van der Waals surface area contributed by atoms with Crippen LogP contribution in [0, 0.1) is 6.92 Å². The lowest BCUT2D eigenvalue weighted by atomic mass is 10.3. The molecule has 1 N–H and O–H groups in total. The summed E-state index contributed by atoms with van der Waals surface area (Å²) in [5.74, 6) is 0.117. The molecule has 0 radical (unpaired) electrons. The van der Waals surface area contributed by atoms with Gasteiger partial charge in [0.1, 0.15) is 11.4 Å². The first kappa shape index (κ1) is 10.4. The van der Waals surface area contributed by atoms with E-state index in [1.54, 1.807) is 6.20 Å². The number of pyridine rings is 1. The summed E-state index contributed by atoms with van der Waals surface area (Å²) < 4.78 is 4.57. The van der Waals surface area contributed by atoms with Crippen LogP contribution in [0.15, 0.2) is 24.5 Å². The third kappa shape index (κ3) is 1.93. The highest BCUT2D eigenvalue weighted by atomic mass is 16.5. The number of ether oxygens (including phenoxy) is 1. The number of rotatable bonds is 2. The molecular formula is C11H11N3O2. The minimum atomic E-state index is -0.439. The van der Waals surface area contributed by atoms with Gasteiger partial charge in [-0.05, 0) is 18.6 Å². The molecule has 0 saturated heterocycles. The van der Waals surface area contributed by atoms with Gasteiger partial charge in [-0.25, -0.2) is 9.78 Å². The van der Waals surface area contributed by atoms with Crippen molar-refractivity contribution in [3.05, 3.63) is 35.8 Å². The van der Waals surface area contributed by atoms with E-state index in [4.69, 9.17) is 0 Å². The van der Waals surface area contributed by atoms with Gasteiger partial charge in [0.05, 0.1) is 13.3 Å². The first-order valence-corrected chi connectivity index (χ1v) is 4.77. The first-order chi connectivity index (χ1) is 7.70. The predicted octanol–water partition coefficient (Wildman–Crippen LogP) is 1.57. The number of esters is 1. The molecule has 0 unspecified atom stereocenters. The fourth-order valence-electron chi connectivity index (χ4n) is 1.27. The summed E-state index contributed by atoms with van der Waals surface area (Å²) in [6.45, 7) is 1.96. The van der Waals surface area contributed by atoms with Crippen molar-refractivity contribution < 1.29 is 9.53 Å². The molecule has 0 aliphatic rings. The van der Waals surface area contributed by atoms with Gasteiger partial charge in [-0.15, -0.1) is 0 Å². The van der Waals surface area contributed by atoms with E-state index in [2.05, 4.69) is 19.7 Å². The van der Waals surface area contributed by atoms with E-state index in [1.165, 1.54) is 13.3 Å². The molecule has 0 saturated carbocycles. The smallest absolute Gasteiger partial charge is 0.356 e. The summed E-state index contributed by atoms with van der Waals surface area (Å²) in [5, 5.41) is 0. The third-order valence-corrected chi connectivity index (χ3v) is 2.14. The molecule has 0 fully saturated rings. The van der Waals surface area contributed by atoms with Gasteiger partial charge in [0.15, 0.2) is 5.82 Å². The summed E-state index contributed by atoms with van der Waals surface area (Å²) in [5.41, 5.74) is 2.09. The maximum atomic E-state index is 11.2. The van der Waals surface area contributed by atoms with Gasteiger partial charge in [0, 0.05) is 6.20 Å². The highest BCUT2D eigenvalue weighted by Crippen LogP contribution is 2.13. The zero-order valence-electron chi connectivity index (χ0n) is 9.02. The standard InChI is InChI=1S/C11H11N3O2/c1-7-3-4-8(12-5-7)10-13-6-9(14-10)11(15)16-2/h3-6H,1-2H3,(H,13,14). The molecule has 5 nitrogen and oxygen atoms in total. The topological polar surface area (TPSA) is 67.9 Å². The molecule has 0 bridgehead atoms. The van der Waals surface area contributed by atoms with Crippen LogP contribution < -0.4 is 0 Å². The van der Waals surface area contributed by atoms with Gasteiger partial charge in [-0.2, -0.15) is 0 Å². The molecule has 16 heavy (non-hydrogen) atoms. The highest BCUT2D eigenvalue weighted by Gasteiger charge is 2.10. The van der Waals surface area contributed by atoms with Crippen molar-refractivity contribution in [1.29, 1.82) is 0 Å². The van der Waals surface area contributed by atoms with Gasteiger partial charge in [-0.3, -0.25) is 4.98 Å². The molecule has 0 amide bonds. The number of aromatic amines is 1. The molecule has 82 valence electrons. The SMILES string of the molecule is COC(=O)c1cnc(-c2ccc(C)cn2)[nH]1. The second-order valence-electron chi connectivity index (χ2n) is 3.36. The van der Waals surface area contributed by atoms with Crippen LogP contribution in [0.4, 0.5) is 0 Å². The number of nitrogens with zero attached hydrogens (tertiary/aromatic N) is 2. The maximum Gasteiger partial charge on any atom is 0.356 e. The van der Waals surface area contributed by atoms with E-state index in [0.29, 0.717) is 17.2 Å². The minimum absolute atomic E-state index is 0.319. The number of carbonyl (C=O) groups excluding carboxylic acids is 1. The van der Waals surface area contributed by atoms with E-state index in [0.717, 1.165) is 5.56 Å². The first-order valence-electron chi connectivity index (χ1n) is 4.77. The summed E-state index contributed by atoms with van der Waals surface area (Å²) in [6.07, 6.45) is 3.18. The Labute approximate surface area is 92.5 Å². The molecule has 2 aromatic heterocycles. The van der Waals surface area contributed by atoms with Crippen LogP contribution in [0.2, 0.25) is 0 Å². The largest absolute Gasteiger partial charge is 0.464 e. The van der Waals surface area contributed by atoms with Crippen molar-refractivity contribution >= 4 is 5.97 Å². The number of aromatic nitrogens is 3. The Morgan fingerprint density at radius 2 is 2.12 bits per heavy atom. The van der Waals surface area contributed by atoms with Crippen molar-refractivity contribution in [3.63, 3.8) is 0 Å². The minimum Gasteiger partial charge on any atom is -0.464 e. The molecule has 5 heteroatoms. The number of hydrogen-bond donors (Lipinski definition) is 1. The van der Waals surface area contributed by atoms with E-state index in [9.17, 15) is 4.79 Å². The predicted molar refractivity (Wildman–Crippen MR) is 57.9 cm³/mol. The number of aryl methyl sites for hydroxylation is 1. The van der Waals surface area contributed by atoms with E-state index in [-0.39, 0.29) is 0 Å². The Balaban J connectivity index is 2.31. The number of carbonyl (C=O) groups is 1. The van der Waals surface area contributed by atoms with Crippen molar-refractivity contribution in [2.24, 2.45) is 0 Å². The molecule has 2 heterocycles. The number of methoxy groups -OCH3 is 1. The number of imidazole rings is 1. The third-order valence-electron chi connectivity index (χ3n) is 2.14. The Morgan fingerprint density at radius 1 is 1.31 bits per heavy atom. The molecular weight excluding hydrogens is 206 g/mol. The second-order valence-corrected chi connectivity index (χ2v) is 3.36. The monoisotopic (exact) mass is 217 g/mol. The van der Waals surface area contributed by atoms with Gasteiger partial charge >= 0.3 is 5.97 Å². The van der Waals surface area contributed by atoms with Crippen molar-refractivity contribution in [1.82, 2.24) is 15.0 Å². The summed E-state index contributed by atoms with van der Waals surface area (Å²) >= 11 is 0. The fraction of sp³-hybridized carbons (Fsp3) is 0.182. The molecule has 0 atom stereocenters. The lowest BCUT2D eigenvalue weighted by Crippen LogP contribution is -2.01. The van der Waals surface area contributed by atoms with E-state index >= 15 is 0 Å². The molecule has 2 rings (SSSR count). The molecule has 0 spiro atoms. The zero-order valence-corrected chi connectivity index (χ0v) is 9.02. The molecule has 0 aliphatic heterocycles. The van der Waals surface area contributed by atoms with Gasteiger partial charge in [0.25, 0.3) is 0 Å². The molecule has 0 aliphatic carbocycles. The van der Waals surface area contributed by atoms with Gasteiger partial charge < -0.3 is 9.72 Å². The van der Waals surface area contributed by atoms with Crippen LogP contribution in [0.3, 0.4) is 0 Å². The zero-order chi connectivity index (χ0) is 11.5. The van der Waals surface area contributed by atoms with Crippen LogP contribution in [0.5, 0.6) is 0 Å². The van der Waals surface area contributed by atoms with Crippen LogP contribution >= 0.6 is 0 Å². The van der Waals surface area contributed by atoms with Crippen molar-refractivity contribution in [3.8, 4) is 11.5 Å². The van der Waals surface area contributed by atoms with Crippen molar-refractivity contribution in [2.45, 2.75) is 6.92 Å². The van der Waals surface area contributed by atoms with Crippen molar-refractivity contribution in [2.75, 3.05) is 7.11 Å². The van der Waals surface area contributed by atoms with Crippen LogP contribution in [-0.4, -0.2) is 28.0 Å². The Bertz CT molecular complexity index is 502.